The van der Waals surface area contributed by atoms with Gasteiger partial charge in [-0.2, -0.15) is 0 Å². The van der Waals surface area contributed by atoms with E-state index >= 15 is 0 Å². The van der Waals surface area contributed by atoms with Crippen LogP contribution in [-0.2, 0) is 0 Å². The molecule has 7 heteroatoms. The van der Waals surface area contributed by atoms with Crippen molar-refractivity contribution in [3.63, 3.8) is 0 Å². The predicted octanol–water partition coefficient (Wildman–Crippen LogP) is 4.12. The minimum absolute atomic E-state index is 0.214. The van der Waals surface area contributed by atoms with Gasteiger partial charge in [-0.05, 0) is 59.4 Å². The first kappa shape index (κ1) is 19.0. The van der Waals surface area contributed by atoms with Gasteiger partial charge < -0.3 is 19.9 Å². The quantitative estimate of drug-likeness (QED) is 0.780. The van der Waals surface area contributed by atoms with Crippen molar-refractivity contribution in [3.05, 3.63) is 51.5 Å². The molecule has 0 saturated carbocycles. The topological polar surface area (TPSA) is 44.8 Å². The summed E-state index contributed by atoms with van der Waals surface area (Å²) in [5.74, 6) is 0.414. The van der Waals surface area contributed by atoms with E-state index in [9.17, 15) is 4.79 Å². The van der Waals surface area contributed by atoms with Crippen LogP contribution in [0.15, 0.2) is 40.9 Å². The second-order valence-corrected chi connectivity index (χ2v) is 7.54. The van der Waals surface area contributed by atoms with Crippen LogP contribution in [0.4, 0.5) is 11.4 Å². The fourth-order valence-corrected chi connectivity index (χ4v) is 3.53. The minimum atomic E-state index is -0.214. The van der Waals surface area contributed by atoms with Crippen LogP contribution >= 0.6 is 27.5 Å². The molecule has 26 heavy (non-hydrogen) atoms. The van der Waals surface area contributed by atoms with E-state index in [0.717, 1.165) is 31.9 Å². The van der Waals surface area contributed by atoms with Crippen molar-refractivity contribution in [1.29, 1.82) is 0 Å². The summed E-state index contributed by atoms with van der Waals surface area (Å²) < 4.78 is 5.93. The summed E-state index contributed by atoms with van der Waals surface area (Å²) in [6, 6.07) is 10.9. The largest absolute Gasteiger partial charge is 0.497 e. The molecule has 0 aromatic heterocycles. The standard InChI is InChI=1S/C19H21BrClN3O2/c1-23-7-9-24(10-8-23)18-6-3-13(21)11-17(18)22-19(25)15-12-14(26-2)4-5-16(15)20/h3-6,11-12H,7-10H2,1-2H3,(H,22,25). The molecule has 1 amide bonds. The van der Waals surface area contributed by atoms with Gasteiger partial charge in [0.25, 0.3) is 5.91 Å². The first-order valence-electron chi connectivity index (χ1n) is 8.36. The number of benzene rings is 2. The van der Waals surface area contributed by atoms with E-state index < -0.39 is 0 Å². The number of likely N-dealkylation sites (N-methyl/N-ethyl adjacent to an activating group) is 1. The first-order valence-corrected chi connectivity index (χ1v) is 9.53. The molecular weight excluding hydrogens is 418 g/mol. The van der Waals surface area contributed by atoms with Crippen LogP contribution in [0.3, 0.4) is 0 Å². The van der Waals surface area contributed by atoms with E-state index in [2.05, 4.69) is 38.1 Å². The van der Waals surface area contributed by atoms with Crippen LogP contribution in [0, 0.1) is 0 Å². The molecule has 1 saturated heterocycles. The number of ether oxygens (including phenoxy) is 1. The van der Waals surface area contributed by atoms with Gasteiger partial charge in [0.15, 0.2) is 0 Å². The number of halogens is 2. The molecule has 0 spiro atoms. The number of nitrogens with one attached hydrogen (secondary N) is 1. The van der Waals surface area contributed by atoms with Crippen LogP contribution in [0.25, 0.3) is 0 Å². The fourth-order valence-electron chi connectivity index (χ4n) is 2.93. The molecule has 138 valence electrons. The Morgan fingerprint density at radius 2 is 1.88 bits per heavy atom. The van der Waals surface area contributed by atoms with Crippen molar-refractivity contribution in [2.45, 2.75) is 0 Å². The number of hydrogen-bond donors (Lipinski definition) is 1. The van der Waals surface area contributed by atoms with Crippen molar-refractivity contribution in [2.24, 2.45) is 0 Å². The lowest BCUT2D eigenvalue weighted by Crippen LogP contribution is -2.44. The number of carbonyl (C=O) groups is 1. The monoisotopic (exact) mass is 437 g/mol. The highest BCUT2D eigenvalue weighted by Gasteiger charge is 2.19. The molecule has 1 heterocycles. The van der Waals surface area contributed by atoms with Crippen molar-refractivity contribution in [2.75, 3.05) is 50.6 Å². The second kappa shape index (κ2) is 8.29. The summed E-state index contributed by atoms with van der Waals surface area (Å²) in [5.41, 5.74) is 2.20. The number of methoxy groups -OCH3 is 1. The molecule has 1 N–H and O–H groups in total. The molecule has 1 aliphatic heterocycles. The van der Waals surface area contributed by atoms with E-state index in [-0.39, 0.29) is 5.91 Å². The molecule has 5 nitrogen and oxygen atoms in total. The highest BCUT2D eigenvalue weighted by Crippen LogP contribution is 2.31. The smallest absolute Gasteiger partial charge is 0.257 e. The molecular formula is C19H21BrClN3O2. The highest BCUT2D eigenvalue weighted by molar-refractivity contribution is 9.10. The number of rotatable bonds is 4. The Labute approximate surface area is 167 Å². The van der Waals surface area contributed by atoms with Crippen LogP contribution in [-0.4, -0.2) is 51.1 Å². The molecule has 0 atom stereocenters. The number of anilines is 2. The zero-order valence-corrected chi connectivity index (χ0v) is 17.1. The molecule has 0 unspecified atom stereocenters. The van der Waals surface area contributed by atoms with Gasteiger partial charge in [0.1, 0.15) is 5.75 Å². The van der Waals surface area contributed by atoms with Crippen LogP contribution < -0.4 is 15.0 Å². The Morgan fingerprint density at radius 3 is 2.58 bits per heavy atom. The second-order valence-electron chi connectivity index (χ2n) is 6.25. The maximum Gasteiger partial charge on any atom is 0.257 e. The van der Waals surface area contributed by atoms with E-state index in [0.29, 0.717) is 26.5 Å². The Kier molecular flexibility index (Phi) is 6.06. The zero-order valence-electron chi connectivity index (χ0n) is 14.8. The molecule has 2 aromatic carbocycles. The van der Waals surface area contributed by atoms with E-state index in [1.165, 1.54) is 0 Å². The number of nitrogens with zero attached hydrogens (tertiary/aromatic N) is 2. The average Bonchev–Trinajstić information content (AvgIpc) is 2.63. The third kappa shape index (κ3) is 4.31. The molecule has 1 fully saturated rings. The predicted molar refractivity (Wildman–Crippen MR) is 110 cm³/mol. The maximum absolute atomic E-state index is 12.8. The van der Waals surface area contributed by atoms with Gasteiger partial charge >= 0.3 is 0 Å². The summed E-state index contributed by atoms with van der Waals surface area (Å²) in [4.78, 5) is 17.4. The van der Waals surface area contributed by atoms with Crippen LogP contribution in [0.1, 0.15) is 10.4 Å². The van der Waals surface area contributed by atoms with Gasteiger partial charge in [-0.3, -0.25) is 4.79 Å². The average molecular weight is 439 g/mol. The van der Waals surface area contributed by atoms with Crippen molar-refractivity contribution in [3.8, 4) is 5.75 Å². The van der Waals surface area contributed by atoms with E-state index in [1.54, 1.807) is 31.4 Å². The lowest BCUT2D eigenvalue weighted by Gasteiger charge is -2.35. The maximum atomic E-state index is 12.8. The highest BCUT2D eigenvalue weighted by atomic mass is 79.9. The van der Waals surface area contributed by atoms with Gasteiger partial charge in [0.05, 0.1) is 24.0 Å². The molecule has 0 radical (unpaired) electrons. The van der Waals surface area contributed by atoms with Gasteiger partial charge in [-0.15, -0.1) is 0 Å². The Hall–Kier alpha value is -1.76. The third-order valence-electron chi connectivity index (χ3n) is 4.47. The molecule has 2 aromatic rings. The summed E-state index contributed by atoms with van der Waals surface area (Å²) in [6.07, 6.45) is 0. The van der Waals surface area contributed by atoms with Crippen molar-refractivity contribution in [1.82, 2.24) is 4.90 Å². The molecule has 0 aliphatic carbocycles. The van der Waals surface area contributed by atoms with Crippen LogP contribution in [0.2, 0.25) is 5.02 Å². The number of piperazine rings is 1. The van der Waals surface area contributed by atoms with Gasteiger partial charge in [-0.25, -0.2) is 0 Å². The summed E-state index contributed by atoms with van der Waals surface area (Å²) >= 11 is 9.61. The zero-order chi connectivity index (χ0) is 18.7. The van der Waals surface area contributed by atoms with Crippen molar-refractivity contribution >= 4 is 44.8 Å². The van der Waals surface area contributed by atoms with E-state index in [1.807, 2.05) is 12.1 Å². The number of amides is 1. The van der Waals surface area contributed by atoms with Gasteiger partial charge in [0, 0.05) is 35.7 Å². The van der Waals surface area contributed by atoms with Crippen molar-refractivity contribution < 1.29 is 9.53 Å². The number of hydrogen-bond acceptors (Lipinski definition) is 4. The normalized spacial score (nSPS) is 15.0. The number of carbonyl (C=O) groups excluding carboxylic acids is 1. The fraction of sp³-hybridized carbons (Fsp3) is 0.316. The summed E-state index contributed by atoms with van der Waals surface area (Å²) in [6.45, 7) is 3.78. The molecule has 0 bridgehead atoms. The third-order valence-corrected chi connectivity index (χ3v) is 5.40. The lowest BCUT2D eigenvalue weighted by molar-refractivity contribution is 0.102. The molecule has 3 rings (SSSR count). The minimum Gasteiger partial charge on any atom is -0.497 e. The van der Waals surface area contributed by atoms with Gasteiger partial charge in [-0.1, -0.05) is 11.6 Å². The van der Waals surface area contributed by atoms with Gasteiger partial charge in [0.2, 0.25) is 0 Å². The summed E-state index contributed by atoms with van der Waals surface area (Å²) in [5, 5.41) is 3.59. The Balaban J connectivity index is 1.87. The SMILES string of the molecule is COc1ccc(Br)c(C(=O)Nc2cc(Cl)ccc2N2CCN(C)CC2)c1. The lowest BCUT2D eigenvalue weighted by atomic mass is 10.1. The first-order chi connectivity index (χ1) is 12.5. The summed E-state index contributed by atoms with van der Waals surface area (Å²) in [7, 11) is 3.69. The van der Waals surface area contributed by atoms with Crippen LogP contribution in [0.5, 0.6) is 5.75 Å². The molecule has 1 aliphatic rings. The Bertz CT molecular complexity index is 807. The van der Waals surface area contributed by atoms with E-state index in [4.69, 9.17) is 16.3 Å². The Morgan fingerprint density at radius 1 is 1.15 bits per heavy atom.